The number of aliphatic hydroxyl groups is 1. The summed E-state index contributed by atoms with van der Waals surface area (Å²) in [6.45, 7) is 11.4. The Balaban J connectivity index is 1.98. The second-order valence-electron chi connectivity index (χ2n) is 10.2. The first-order valence-electron chi connectivity index (χ1n) is 11.5. The summed E-state index contributed by atoms with van der Waals surface area (Å²) in [6.07, 6.45) is 7.07. The highest BCUT2D eigenvalue weighted by molar-refractivity contribution is 7.98. The van der Waals surface area contributed by atoms with Crippen molar-refractivity contribution in [2.24, 2.45) is 0 Å². The van der Waals surface area contributed by atoms with Crippen LogP contribution in [0, 0.1) is 0 Å². The second kappa shape index (κ2) is 9.84. The lowest BCUT2D eigenvalue weighted by Crippen LogP contribution is -2.34. The number of carboxylic acid groups (broad SMARTS) is 1. The van der Waals surface area contributed by atoms with Gasteiger partial charge in [-0.25, -0.2) is 4.79 Å². The molecule has 1 atom stereocenters. The van der Waals surface area contributed by atoms with Gasteiger partial charge in [-0.1, -0.05) is 71.0 Å². The molecule has 1 aliphatic rings. The molecule has 3 rings (SSSR count). The molecule has 172 valence electrons. The molecule has 0 aromatic heterocycles. The molecule has 0 amide bonds. The maximum atomic E-state index is 11.1. The van der Waals surface area contributed by atoms with Gasteiger partial charge in [0.15, 0.2) is 0 Å². The predicted octanol–water partition coefficient (Wildman–Crippen LogP) is 6.91. The molecule has 3 nitrogen and oxygen atoms in total. The van der Waals surface area contributed by atoms with Crippen molar-refractivity contribution >= 4 is 29.9 Å². The lowest BCUT2D eigenvalue weighted by molar-refractivity contribution is 0.0697. The van der Waals surface area contributed by atoms with Crippen molar-refractivity contribution in [3.8, 4) is 0 Å². The van der Waals surface area contributed by atoms with Crippen molar-refractivity contribution in [1.82, 2.24) is 0 Å². The molecule has 0 radical (unpaired) electrons. The molecular formula is C28H36O3S. The Labute approximate surface area is 197 Å². The van der Waals surface area contributed by atoms with E-state index in [2.05, 4.69) is 52.0 Å². The Hall–Kier alpha value is -2.04. The quantitative estimate of drug-likeness (QED) is 0.427. The largest absolute Gasteiger partial charge is 0.478 e. The summed E-state index contributed by atoms with van der Waals surface area (Å²) in [5.74, 6) is 0.689. The molecule has 0 bridgehead atoms. The van der Waals surface area contributed by atoms with E-state index < -0.39 is 5.97 Å². The van der Waals surface area contributed by atoms with Crippen LogP contribution in [0.2, 0.25) is 0 Å². The number of thioether (sulfide) groups is 1. The van der Waals surface area contributed by atoms with Gasteiger partial charge in [0.2, 0.25) is 0 Å². The highest BCUT2D eigenvalue weighted by Crippen LogP contribution is 2.47. The lowest BCUT2D eigenvalue weighted by Gasteiger charge is -2.42. The van der Waals surface area contributed by atoms with E-state index in [0.717, 1.165) is 23.5 Å². The number of benzene rings is 2. The zero-order valence-electron chi connectivity index (χ0n) is 19.9. The molecule has 0 saturated heterocycles. The first-order chi connectivity index (χ1) is 15.0. The molecule has 2 N–H and O–H groups in total. The number of hydrogen-bond acceptors (Lipinski definition) is 3. The van der Waals surface area contributed by atoms with Gasteiger partial charge in [-0.05, 0) is 70.0 Å². The van der Waals surface area contributed by atoms with Crippen LogP contribution in [0.15, 0.2) is 36.4 Å². The molecule has 2 aromatic rings. The number of aromatic carboxylic acids is 1. The Bertz CT molecular complexity index is 986. The van der Waals surface area contributed by atoms with E-state index in [-0.39, 0.29) is 16.9 Å². The van der Waals surface area contributed by atoms with E-state index in [4.69, 9.17) is 5.11 Å². The van der Waals surface area contributed by atoms with E-state index in [9.17, 15) is 9.90 Å². The maximum absolute atomic E-state index is 11.1. The van der Waals surface area contributed by atoms with Crippen molar-refractivity contribution < 1.29 is 15.0 Å². The average molecular weight is 453 g/mol. The SMILES string of the molecule is CCC(O)CSCc1cc2c(cc1/C=C/c1ccc(C(=O)O)cc1)C(C)(C)CCC2(C)C. The van der Waals surface area contributed by atoms with Gasteiger partial charge in [-0.15, -0.1) is 0 Å². The highest BCUT2D eigenvalue weighted by atomic mass is 32.2. The third-order valence-corrected chi connectivity index (χ3v) is 7.90. The number of hydrogen-bond donors (Lipinski definition) is 2. The normalized spacial score (nSPS) is 17.8. The van der Waals surface area contributed by atoms with Gasteiger partial charge < -0.3 is 10.2 Å². The van der Waals surface area contributed by atoms with Crippen molar-refractivity contribution in [3.05, 3.63) is 69.8 Å². The molecule has 4 heteroatoms. The Morgan fingerprint density at radius 2 is 1.62 bits per heavy atom. The first-order valence-corrected chi connectivity index (χ1v) is 12.6. The van der Waals surface area contributed by atoms with Crippen LogP contribution in [0.1, 0.15) is 92.1 Å². The van der Waals surface area contributed by atoms with Crippen LogP contribution in [0.5, 0.6) is 0 Å². The van der Waals surface area contributed by atoms with Gasteiger partial charge >= 0.3 is 5.97 Å². The standard InChI is InChI=1S/C28H36O3S/c1-6-23(29)18-32-17-22-16-25-24(27(2,3)13-14-28(25,4)5)15-21(22)12-9-19-7-10-20(11-8-19)26(30)31/h7-12,15-16,23,29H,6,13-14,17-18H2,1-5H3,(H,30,31)/b12-9+. The van der Waals surface area contributed by atoms with Gasteiger partial charge in [0.25, 0.3) is 0 Å². The molecule has 0 heterocycles. The minimum atomic E-state index is -0.909. The fraction of sp³-hybridized carbons (Fsp3) is 0.464. The third kappa shape index (κ3) is 5.65. The number of rotatable bonds is 8. The second-order valence-corrected chi connectivity index (χ2v) is 11.2. The van der Waals surface area contributed by atoms with E-state index >= 15 is 0 Å². The third-order valence-electron chi connectivity index (χ3n) is 6.76. The van der Waals surface area contributed by atoms with Crippen LogP contribution in [0.4, 0.5) is 0 Å². The van der Waals surface area contributed by atoms with E-state index in [1.165, 1.54) is 35.1 Å². The van der Waals surface area contributed by atoms with Crippen LogP contribution in [-0.2, 0) is 16.6 Å². The Morgan fingerprint density at radius 3 is 2.19 bits per heavy atom. The summed E-state index contributed by atoms with van der Waals surface area (Å²) in [6, 6.07) is 11.7. The van der Waals surface area contributed by atoms with Gasteiger partial charge in [0.1, 0.15) is 0 Å². The minimum absolute atomic E-state index is 0.140. The van der Waals surface area contributed by atoms with E-state index in [1.54, 1.807) is 23.9 Å². The number of carboxylic acids is 1. The molecule has 0 saturated carbocycles. The molecule has 0 aliphatic heterocycles. The van der Waals surface area contributed by atoms with Crippen molar-refractivity contribution in [2.75, 3.05) is 5.75 Å². The molecule has 0 spiro atoms. The maximum Gasteiger partial charge on any atom is 0.335 e. The Kier molecular flexibility index (Phi) is 7.57. The number of fused-ring (bicyclic) bond motifs is 1. The van der Waals surface area contributed by atoms with Crippen LogP contribution in [-0.4, -0.2) is 28.0 Å². The van der Waals surface area contributed by atoms with Gasteiger partial charge in [0, 0.05) is 11.5 Å². The van der Waals surface area contributed by atoms with Crippen LogP contribution >= 0.6 is 11.8 Å². The lowest BCUT2D eigenvalue weighted by atomic mass is 9.62. The minimum Gasteiger partial charge on any atom is -0.478 e. The van der Waals surface area contributed by atoms with Gasteiger partial charge in [-0.3, -0.25) is 0 Å². The number of carbonyl (C=O) groups is 1. The van der Waals surface area contributed by atoms with Gasteiger partial charge in [0.05, 0.1) is 11.7 Å². The summed E-state index contributed by atoms with van der Waals surface area (Å²) in [5.41, 5.74) is 6.94. The first kappa shape index (κ1) is 24.6. The summed E-state index contributed by atoms with van der Waals surface area (Å²) in [7, 11) is 0. The van der Waals surface area contributed by atoms with Crippen molar-refractivity contribution in [2.45, 2.75) is 76.6 Å². The fourth-order valence-corrected chi connectivity index (χ4v) is 5.40. The molecular weight excluding hydrogens is 416 g/mol. The molecule has 1 aliphatic carbocycles. The molecule has 2 aromatic carbocycles. The topological polar surface area (TPSA) is 57.5 Å². The van der Waals surface area contributed by atoms with Crippen LogP contribution < -0.4 is 0 Å². The van der Waals surface area contributed by atoms with Crippen molar-refractivity contribution in [1.29, 1.82) is 0 Å². The fourth-order valence-electron chi connectivity index (χ4n) is 4.30. The van der Waals surface area contributed by atoms with E-state index in [0.29, 0.717) is 5.56 Å². The van der Waals surface area contributed by atoms with Gasteiger partial charge in [-0.2, -0.15) is 11.8 Å². The smallest absolute Gasteiger partial charge is 0.335 e. The molecule has 1 unspecified atom stereocenters. The van der Waals surface area contributed by atoms with Crippen molar-refractivity contribution in [3.63, 3.8) is 0 Å². The summed E-state index contributed by atoms with van der Waals surface area (Å²) >= 11 is 1.78. The number of aliphatic hydroxyl groups excluding tert-OH is 1. The average Bonchev–Trinajstić information content (AvgIpc) is 2.75. The van der Waals surface area contributed by atoms with Crippen LogP contribution in [0.25, 0.3) is 12.2 Å². The zero-order valence-corrected chi connectivity index (χ0v) is 20.8. The molecule has 0 fully saturated rings. The summed E-state index contributed by atoms with van der Waals surface area (Å²) in [5, 5.41) is 19.1. The highest BCUT2D eigenvalue weighted by Gasteiger charge is 2.37. The van der Waals surface area contributed by atoms with Crippen LogP contribution in [0.3, 0.4) is 0 Å². The monoisotopic (exact) mass is 452 g/mol. The van der Waals surface area contributed by atoms with E-state index in [1.807, 2.05) is 19.1 Å². The summed E-state index contributed by atoms with van der Waals surface area (Å²) in [4.78, 5) is 11.1. The predicted molar refractivity (Wildman–Crippen MR) is 137 cm³/mol. The Morgan fingerprint density at radius 1 is 1.03 bits per heavy atom. The summed E-state index contributed by atoms with van der Waals surface area (Å²) < 4.78 is 0. The molecule has 32 heavy (non-hydrogen) atoms. The zero-order chi connectivity index (χ0) is 23.5.